The van der Waals surface area contributed by atoms with Gasteiger partial charge < -0.3 is 14.8 Å². The number of carbonyl (C=O) groups is 1. The van der Waals surface area contributed by atoms with Crippen molar-refractivity contribution in [3.05, 3.63) is 51.8 Å². The van der Waals surface area contributed by atoms with Gasteiger partial charge in [0.1, 0.15) is 11.4 Å². The second-order valence-corrected chi connectivity index (χ2v) is 6.82. The van der Waals surface area contributed by atoms with Gasteiger partial charge in [0.05, 0.1) is 5.69 Å². The first-order valence-corrected chi connectivity index (χ1v) is 8.94. The number of anilines is 1. The van der Waals surface area contributed by atoms with Crippen LogP contribution in [0.15, 0.2) is 29.3 Å². The van der Waals surface area contributed by atoms with Crippen LogP contribution >= 0.6 is 0 Å². The molecular weight excluding hydrogens is 330 g/mol. The Hall–Kier alpha value is -2.70. The number of amides is 1. The van der Waals surface area contributed by atoms with Gasteiger partial charge in [0.2, 0.25) is 0 Å². The monoisotopic (exact) mass is 355 g/mol. The van der Waals surface area contributed by atoms with E-state index < -0.39 is 0 Å². The molecule has 7 heteroatoms. The number of rotatable bonds is 4. The van der Waals surface area contributed by atoms with Gasteiger partial charge >= 0.3 is 0 Å². The summed E-state index contributed by atoms with van der Waals surface area (Å²) in [6, 6.07) is 3.46. The Morgan fingerprint density at radius 3 is 2.85 bits per heavy atom. The van der Waals surface area contributed by atoms with Gasteiger partial charge in [-0.3, -0.25) is 14.6 Å². The smallest absolute Gasteiger partial charge is 0.263 e. The van der Waals surface area contributed by atoms with Crippen LogP contribution in [0.3, 0.4) is 0 Å². The van der Waals surface area contributed by atoms with Crippen LogP contribution in [0.5, 0.6) is 0 Å². The molecule has 2 aromatic heterocycles. The fraction of sp³-hybridized carbons (Fsp3) is 0.474. The quantitative estimate of drug-likeness (QED) is 0.901. The lowest BCUT2D eigenvalue weighted by Crippen LogP contribution is -2.43. The number of carbonyl (C=O) groups excluding carboxylic acids is 1. The fourth-order valence-electron chi connectivity index (χ4n) is 3.48. The minimum absolute atomic E-state index is 0.178. The number of hydrogen-bond acceptors (Lipinski definition) is 5. The molecule has 0 spiro atoms. The third kappa shape index (κ3) is 3.61. The Bertz CT molecular complexity index is 861. The lowest BCUT2D eigenvalue weighted by molar-refractivity contribution is 0.0670. The Labute approximate surface area is 153 Å². The summed E-state index contributed by atoms with van der Waals surface area (Å²) in [6.07, 6.45) is 6.09. The van der Waals surface area contributed by atoms with Crippen molar-refractivity contribution >= 4 is 11.7 Å². The summed E-state index contributed by atoms with van der Waals surface area (Å²) in [7, 11) is 3.53. The van der Waals surface area contributed by atoms with Gasteiger partial charge in [0.25, 0.3) is 11.5 Å². The van der Waals surface area contributed by atoms with Crippen molar-refractivity contribution in [2.45, 2.75) is 26.2 Å². The van der Waals surface area contributed by atoms with Crippen molar-refractivity contribution in [3.8, 4) is 0 Å². The first-order valence-electron chi connectivity index (χ1n) is 8.94. The highest BCUT2D eigenvalue weighted by Gasteiger charge is 2.27. The van der Waals surface area contributed by atoms with Crippen LogP contribution < -0.4 is 10.9 Å². The normalized spacial score (nSPS) is 17.2. The number of nitrogens with zero attached hydrogens (tertiary/aromatic N) is 4. The van der Waals surface area contributed by atoms with Crippen molar-refractivity contribution < 1.29 is 4.79 Å². The number of hydrogen-bond donors (Lipinski definition) is 1. The summed E-state index contributed by atoms with van der Waals surface area (Å²) in [4.78, 5) is 35.8. The van der Waals surface area contributed by atoms with E-state index in [0.29, 0.717) is 19.0 Å². The zero-order valence-corrected chi connectivity index (χ0v) is 15.5. The second-order valence-electron chi connectivity index (χ2n) is 6.82. The lowest BCUT2D eigenvalue weighted by atomic mass is 9.92. The molecule has 1 N–H and O–H groups in total. The third-order valence-corrected chi connectivity index (χ3v) is 5.08. The molecule has 1 amide bonds. The molecule has 26 heavy (non-hydrogen) atoms. The van der Waals surface area contributed by atoms with Crippen molar-refractivity contribution in [1.82, 2.24) is 19.4 Å². The highest BCUT2D eigenvalue weighted by atomic mass is 16.2. The maximum Gasteiger partial charge on any atom is 0.263 e. The van der Waals surface area contributed by atoms with Crippen molar-refractivity contribution in [3.63, 3.8) is 0 Å². The molecular formula is C19H25N5O2. The molecule has 0 aliphatic carbocycles. The average molecular weight is 355 g/mol. The summed E-state index contributed by atoms with van der Waals surface area (Å²) in [5.74, 6) is 0.914. The van der Waals surface area contributed by atoms with Crippen molar-refractivity contribution in [1.29, 1.82) is 0 Å². The number of pyridine rings is 1. The number of nitrogens with one attached hydrogen (secondary N) is 1. The van der Waals surface area contributed by atoms with Gasteiger partial charge in [0, 0.05) is 45.3 Å². The molecule has 0 radical (unpaired) electrons. The predicted octanol–water partition coefficient (Wildman–Crippen LogP) is 1.62. The minimum Gasteiger partial charge on any atom is -0.372 e. The van der Waals surface area contributed by atoms with E-state index in [2.05, 4.69) is 15.3 Å². The van der Waals surface area contributed by atoms with Crippen LogP contribution in [0, 0.1) is 12.8 Å². The van der Waals surface area contributed by atoms with Crippen LogP contribution in [0.25, 0.3) is 0 Å². The maximum absolute atomic E-state index is 12.9. The molecule has 1 aliphatic heterocycles. The molecule has 1 fully saturated rings. The van der Waals surface area contributed by atoms with Crippen molar-refractivity contribution in [2.75, 3.05) is 25.5 Å². The lowest BCUT2D eigenvalue weighted by Gasteiger charge is -2.32. The van der Waals surface area contributed by atoms with E-state index in [0.717, 1.165) is 36.5 Å². The van der Waals surface area contributed by atoms with E-state index in [1.807, 2.05) is 20.0 Å². The van der Waals surface area contributed by atoms with Gasteiger partial charge in [-0.2, -0.15) is 0 Å². The van der Waals surface area contributed by atoms with Gasteiger partial charge in [-0.1, -0.05) is 0 Å². The van der Waals surface area contributed by atoms with E-state index in [-0.39, 0.29) is 17.0 Å². The summed E-state index contributed by atoms with van der Waals surface area (Å²) in [6.45, 7) is 3.17. The van der Waals surface area contributed by atoms with Crippen molar-refractivity contribution in [2.24, 2.45) is 13.0 Å². The largest absolute Gasteiger partial charge is 0.372 e. The molecule has 0 aromatic carbocycles. The molecule has 3 rings (SSSR count). The highest BCUT2D eigenvalue weighted by molar-refractivity contribution is 5.94. The highest BCUT2D eigenvalue weighted by Crippen LogP contribution is 2.23. The SMILES string of the molecule is CNc1nccnc1C[C@@H]1CCCN(C(=O)c2ccc(C)n(C)c2=O)C1. The predicted molar refractivity (Wildman–Crippen MR) is 100 cm³/mol. The average Bonchev–Trinajstić information content (AvgIpc) is 2.66. The van der Waals surface area contributed by atoms with Crippen LogP contribution in [-0.4, -0.2) is 45.5 Å². The Kier molecular flexibility index (Phi) is 5.35. The molecule has 1 atom stereocenters. The second kappa shape index (κ2) is 7.68. The molecule has 0 saturated carbocycles. The molecule has 0 bridgehead atoms. The number of likely N-dealkylation sites (tertiary alicyclic amines) is 1. The Morgan fingerprint density at radius 2 is 2.08 bits per heavy atom. The third-order valence-electron chi connectivity index (χ3n) is 5.08. The Balaban J connectivity index is 1.75. The first-order chi connectivity index (χ1) is 12.5. The number of aromatic nitrogens is 3. The molecule has 0 unspecified atom stereocenters. The van der Waals surface area contributed by atoms with Crippen LogP contribution in [0.1, 0.15) is 34.6 Å². The van der Waals surface area contributed by atoms with E-state index >= 15 is 0 Å². The molecule has 2 aromatic rings. The number of piperidine rings is 1. The van der Waals surface area contributed by atoms with Gasteiger partial charge in [0.15, 0.2) is 0 Å². The van der Waals surface area contributed by atoms with E-state index in [4.69, 9.17) is 0 Å². The molecule has 7 nitrogen and oxygen atoms in total. The fourth-order valence-corrected chi connectivity index (χ4v) is 3.48. The first kappa shape index (κ1) is 18.1. The summed E-state index contributed by atoms with van der Waals surface area (Å²) in [5, 5.41) is 3.07. The summed E-state index contributed by atoms with van der Waals surface area (Å²) < 4.78 is 1.52. The van der Waals surface area contributed by atoms with Gasteiger partial charge in [-0.15, -0.1) is 0 Å². The van der Waals surface area contributed by atoms with E-state index in [9.17, 15) is 9.59 Å². The van der Waals surface area contributed by atoms with E-state index in [1.165, 1.54) is 4.57 Å². The van der Waals surface area contributed by atoms with E-state index in [1.54, 1.807) is 30.4 Å². The Morgan fingerprint density at radius 1 is 1.31 bits per heavy atom. The summed E-state index contributed by atoms with van der Waals surface area (Å²) >= 11 is 0. The number of aryl methyl sites for hydroxylation is 1. The minimum atomic E-state index is -0.233. The molecule has 1 saturated heterocycles. The standard InChI is InChI=1S/C19H25N5O2/c1-13-6-7-15(18(25)23(13)3)19(26)24-10-4-5-14(12-24)11-16-17(20-2)22-9-8-21-16/h6-9,14H,4-5,10-12H2,1-3H3,(H,20,22)/t14-/m0/s1. The summed E-state index contributed by atoms with van der Waals surface area (Å²) in [5.41, 5.74) is 1.77. The molecule has 138 valence electrons. The van der Waals surface area contributed by atoms with Crippen LogP contribution in [-0.2, 0) is 13.5 Å². The molecule has 3 heterocycles. The topological polar surface area (TPSA) is 80.1 Å². The molecule has 1 aliphatic rings. The maximum atomic E-state index is 12.9. The zero-order chi connectivity index (χ0) is 18.7. The zero-order valence-electron chi connectivity index (χ0n) is 15.5. The van der Waals surface area contributed by atoms with Crippen LogP contribution in [0.2, 0.25) is 0 Å². The van der Waals surface area contributed by atoms with Crippen LogP contribution in [0.4, 0.5) is 5.82 Å². The van der Waals surface area contributed by atoms with Gasteiger partial charge in [-0.25, -0.2) is 4.98 Å². The van der Waals surface area contributed by atoms with Gasteiger partial charge in [-0.05, 0) is 44.2 Å².